The number of rotatable bonds is 7. The fourth-order valence-electron chi connectivity index (χ4n) is 5.94. The minimum Gasteiger partial charge on any atom is -0.496 e. The van der Waals surface area contributed by atoms with Crippen LogP contribution in [0.2, 0.25) is 5.02 Å². The SMILES string of the molecule is COc1cc(OC)c(-c2cn3ccc(N4CCN(c5ccnc(N6CCC(N(C)C(=O)OC(C)(C)C)C6)n5)CC4)cc3n2)cc1Cl. The molecule has 12 nitrogen and oxygen atoms in total. The van der Waals surface area contributed by atoms with Gasteiger partial charge in [0.05, 0.1) is 31.0 Å². The number of nitrogens with zero attached hydrogens (tertiary/aromatic N) is 8. The van der Waals surface area contributed by atoms with Crippen molar-refractivity contribution in [3.8, 4) is 22.8 Å². The molecule has 2 aliphatic heterocycles. The molecule has 13 heteroatoms. The number of imidazole rings is 1. The van der Waals surface area contributed by atoms with Gasteiger partial charge in [-0.2, -0.15) is 4.98 Å². The molecule has 0 aliphatic carbocycles. The van der Waals surface area contributed by atoms with Crippen LogP contribution >= 0.6 is 11.6 Å². The average molecular weight is 649 g/mol. The molecule has 0 radical (unpaired) electrons. The number of ether oxygens (including phenoxy) is 3. The summed E-state index contributed by atoms with van der Waals surface area (Å²) >= 11 is 6.42. The minimum absolute atomic E-state index is 0.0465. The molecule has 2 saturated heterocycles. The first-order valence-electron chi connectivity index (χ1n) is 15.5. The smallest absolute Gasteiger partial charge is 0.410 e. The summed E-state index contributed by atoms with van der Waals surface area (Å²) in [7, 11) is 5.00. The van der Waals surface area contributed by atoms with Gasteiger partial charge < -0.3 is 38.2 Å². The van der Waals surface area contributed by atoms with Crippen molar-refractivity contribution in [2.75, 3.05) is 75.2 Å². The summed E-state index contributed by atoms with van der Waals surface area (Å²) in [5, 5.41) is 0.500. The number of aromatic nitrogens is 4. The average Bonchev–Trinajstić information content (AvgIpc) is 3.71. The van der Waals surface area contributed by atoms with Crippen molar-refractivity contribution in [1.82, 2.24) is 24.3 Å². The summed E-state index contributed by atoms with van der Waals surface area (Å²) < 4.78 is 18.5. The van der Waals surface area contributed by atoms with Crippen molar-refractivity contribution in [2.45, 2.75) is 38.8 Å². The van der Waals surface area contributed by atoms with E-state index in [4.69, 9.17) is 35.8 Å². The van der Waals surface area contributed by atoms with Gasteiger partial charge in [-0.3, -0.25) is 0 Å². The molecule has 0 spiro atoms. The molecule has 2 aliphatic rings. The molecule has 1 atom stereocenters. The molecule has 2 fully saturated rings. The molecule has 0 N–H and O–H groups in total. The summed E-state index contributed by atoms with van der Waals surface area (Å²) in [5.41, 5.74) is 3.00. The summed E-state index contributed by atoms with van der Waals surface area (Å²) in [5.74, 6) is 2.80. The Bertz CT molecular complexity index is 1720. The van der Waals surface area contributed by atoms with E-state index in [0.29, 0.717) is 29.0 Å². The lowest BCUT2D eigenvalue weighted by Gasteiger charge is -2.37. The van der Waals surface area contributed by atoms with Crippen molar-refractivity contribution >= 4 is 40.8 Å². The largest absolute Gasteiger partial charge is 0.496 e. The molecule has 0 saturated carbocycles. The van der Waals surface area contributed by atoms with Gasteiger partial charge in [-0.1, -0.05) is 11.6 Å². The highest BCUT2D eigenvalue weighted by atomic mass is 35.5. The first-order valence-corrected chi connectivity index (χ1v) is 15.8. The number of carbonyl (C=O) groups excluding carboxylic acids is 1. The van der Waals surface area contributed by atoms with E-state index in [0.717, 1.165) is 67.6 Å². The van der Waals surface area contributed by atoms with Crippen LogP contribution in [-0.4, -0.2) is 103 Å². The molecule has 4 aromatic rings. The second-order valence-electron chi connectivity index (χ2n) is 12.6. The van der Waals surface area contributed by atoms with Crippen LogP contribution in [0, 0.1) is 0 Å². The van der Waals surface area contributed by atoms with Crippen LogP contribution in [0.5, 0.6) is 11.5 Å². The lowest BCUT2D eigenvalue weighted by atomic mass is 10.1. The molecule has 6 rings (SSSR count). The van der Waals surface area contributed by atoms with Gasteiger partial charge in [0.2, 0.25) is 5.95 Å². The van der Waals surface area contributed by atoms with Gasteiger partial charge in [0.1, 0.15) is 28.6 Å². The first kappa shape index (κ1) is 31.5. The van der Waals surface area contributed by atoms with Crippen molar-refractivity contribution in [3.63, 3.8) is 0 Å². The standard InChI is InChI=1S/C33H41ClN8O4/c1-33(2,3)46-32(43)38(4)23-9-12-42(20-23)31-35-10-7-29(37-31)40-15-13-39(14-16-40)22-8-11-41-21-26(36-30(41)17-22)24-18-25(34)28(45-6)19-27(24)44-5/h7-8,10-11,17-19,21,23H,9,12-16,20H2,1-6H3. The first-order chi connectivity index (χ1) is 22.0. The Labute approximate surface area is 274 Å². The van der Waals surface area contributed by atoms with E-state index in [-0.39, 0.29) is 12.1 Å². The zero-order chi connectivity index (χ0) is 32.6. The summed E-state index contributed by atoms with van der Waals surface area (Å²) in [4.78, 5) is 35.5. The van der Waals surface area contributed by atoms with Crippen LogP contribution < -0.4 is 24.2 Å². The number of carbonyl (C=O) groups is 1. The highest BCUT2D eigenvalue weighted by Crippen LogP contribution is 2.38. The number of fused-ring (bicyclic) bond motifs is 1. The third kappa shape index (κ3) is 6.57. The van der Waals surface area contributed by atoms with Crippen LogP contribution in [0.15, 0.2) is 48.9 Å². The number of hydrogen-bond acceptors (Lipinski definition) is 10. The molecule has 3 aromatic heterocycles. The fraction of sp³-hybridized carbons (Fsp3) is 0.455. The lowest BCUT2D eigenvalue weighted by Crippen LogP contribution is -2.47. The highest BCUT2D eigenvalue weighted by Gasteiger charge is 2.32. The number of methoxy groups -OCH3 is 2. The number of hydrogen-bond donors (Lipinski definition) is 0. The molecule has 244 valence electrons. The Balaban J connectivity index is 1.10. The maximum Gasteiger partial charge on any atom is 0.410 e. The predicted octanol–water partition coefficient (Wildman–Crippen LogP) is 5.23. The zero-order valence-corrected chi connectivity index (χ0v) is 28.0. The molecule has 5 heterocycles. The summed E-state index contributed by atoms with van der Waals surface area (Å²) in [6, 6.07) is 9.84. The van der Waals surface area contributed by atoms with Crippen LogP contribution in [0.1, 0.15) is 27.2 Å². The van der Waals surface area contributed by atoms with Crippen LogP contribution in [0.3, 0.4) is 0 Å². The summed E-state index contributed by atoms with van der Waals surface area (Å²) in [6.45, 7) is 10.4. The Hall–Kier alpha value is -4.45. The Morgan fingerprint density at radius 2 is 1.70 bits per heavy atom. The molecule has 0 bridgehead atoms. The molecule has 1 aromatic carbocycles. The highest BCUT2D eigenvalue weighted by molar-refractivity contribution is 6.32. The number of halogens is 1. The van der Waals surface area contributed by atoms with Gasteiger partial charge in [0, 0.05) is 88.3 Å². The Morgan fingerprint density at radius 1 is 0.957 bits per heavy atom. The number of piperazine rings is 1. The summed E-state index contributed by atoms with van der Waals surface area (Å²) in [6.07, 6.45) is 6.37. The van der Waals surface area contributed by atoms with Crippen molar-refractivity contribution in [2.24, 2.45) is 0 Å². The molecular formula is C33H41ClN8O4. The maximum atomic E-state index is 12.6. The molecular weight excluding hydrogens is 608 g/mol. The van der Waals surface area contributed by atoms with E-state index in [2.05, 4.69) is 31.8 Å². The zero-order valence-electron chi connectivity index (χ0n) is 27.2. The van der Waals surface area contributed by atoms with Crippen LogP contribution in [0.4, 0.5) is 22.2 Å². The Kier molecular flexibility index (Phi) is 8.73. The number of pyridine rings is 1. The number of benzene rings is 1. The minimum atomic E-state index is -0.525. The van der Waals surface area contributed by atoms with E-state index in [9.17, 15) is 4.79 Å². The van der Waals surface area contributed by atoms with E-state index < -0.39 is 5.60 Å². The quantitative estimate of drug-likeness (QED) is 0.265. The topological polar surface area (TPSA) is 101 Å². The van der Waals surface area contributed by atoms with Gasteiger partial charge in [0.25, 0.3) is 0 Å². The monoisotopic (exact) mass is 648 g/mol. The van der Waals surface area contributed by atoms with E-state index >= 15 is 0 Å². The number of anilines is 3. The van der Waals surface area contributed by atoms with Gasteiger partial charge >= 0.3 is 6.09 Å². The molecule has 1 unspecified atom stereocenters. The van der Waals surface area contributed by atoms with Gasteiger partial charge in [-0.05, 0) is 45.4 Å². The van der Waals surface area contributed by atoms with Crippen LogP contribution in [-0.2, 0) is 4.74 Å². The van der Waals surface area contributed by atoms with E-state index in [1.54, 1.807) is 32.2 Å². The van der Waals surface area contributed by atoms with Gasteiger partial charge in [-0.15, -0.1) is 0 Å². The van der Waals surface area contributed by atoms with Crippen molar-refractivity contribution in [1.29, 1.82) is 0 Å². The number of likely N-dealkylation sites (N-methyl/N-ethyl adjacent to an activating group) is 1. The van der Waals surface area contributed by atoms with Gasteiger partial charge in [-0.25, -0.2) is 14.8 Å². The predicted molar refractivity (Wildman–Crippen MR) is 180 cm³/mol. The van der Waals surface area contributed by atoms with E-state index in [1.165, 1.54) is 0 Å². The maximum absolute atomic E-state index is 12.6. The Morgan fingerprint density at radius 3 is 2.41 bits per heavy atom. The van der Waals surface area contributed by atoms with Crippen LogP contribution in [0.25, 0.3) is 16.9 Å². The normalized spacial score (nSPS) is 17.0. The van der Waals surface area contributed by atoms with Crippen molar-refractivity contribution in [3.05, 3.63) is 53.9 Å². The van der Waals surface area contributed by atoms with Gasteiger partial charge in [0.15, 0.2) is 0 Å². The lowest BCUT2D eigenvalue weighted by molar-refractivity contribution is 0.0237. The number of amides is 1. The van der Waals surface area contributed by atoms with Crippen molar-refractivity contribution < 1.29 is 19.0 Å². The fourth-order valence-corrected chi connectivity index (χ4v) is 6.18. The molecule has 1 amide bonds. The van der Waals surface area contributed by atoms with E-state index in [1.807, 2.05) is 55.9 Å². The third-order valence-corrected chi connectivity index (χ3v) is 8.76. The molecule has 46 heavy (non-hydrogen) atoms. The third-order valence-electron chi connectivity index (χ3n) is 8.47. The second-order valence-corrected chi connectivity index (χ2v) is 13.0. The second kappa shape index (κ2) is 12.7.